The number of Topliss-reactive ketones (excluding diaryl/α,β-unsaturated/α-hetero) is 1. The molecule has 2 heterocycles. The number of rotatable bonds is 5. The van der Waals surface area contributed by atoms with Crippen molar-refractivity contribution in [3.8, 4) is 5.75 Å². The molecule has 0 aliphatic carbocycles. The Kier molecular flexibility index (Phi) is 5.29. The molecule has 1 aliphatic rings. The standard InChI is InChI=1S/C23H19FN2O5/c1-3-30-15-10-8-14(9-11-15)21(27)19-20(16-6-4-5-7-17(16)24)26(23(29)22(19)28)18-12-13(2)31-25-18/h4-12,20,27H,3H2,1-2H3/t20-/m1/s1. The Hall–Kier alpha value is -3.94. The zero-order chi connectivity index (χ0) is 22.1. The van der Waals surface area contributed by atoms with Crippen molar-refractivity contribution in [3.05, 3.63) is 82.9 Å². The molecule has 0 radical (unpaired) electrons. The number of anilines is 1. The predicted octanol–water partition coefficient (Wildman–Crippen LogP) is 4.15. The van der Waals surface area contributed by atoms with Gasteiger partial charge in [-0.15, -0.1) is 0 Å². The number of nitrogens with zero attached hydrogens (tertiary/aromatic N) is 2. The van der Waals surface area contributed by atoms with Crippen LogP contribution in [0.2, 0.25) is 0 Å². The summed E-state index contributed by atoms with van der Waals surface area (Å²) >= 11 is 0. The topological polar surface area (TPSA) is 92.9 Å². The fourth-order valence-electron chi connectivity index (χ4n) is 3.56. The van der Waals surface area contributed by atoms with E-state index in [1.54, 1.807) is 37.3 Å². The third-order valence-corrected chi connectivity index (χ3v) is 4.95. The highest BCUT2D eigenvalue weighted by Gasteiger charge is 2.48. The molecular weight excluding hydrogens is 403 g/mol. The molecule has 0 spiro atoms. The summed E-state index contributed by atoms with van der Waals surface area (Å²) in [6.07, 6.45) is 0. The van der Waals surface area contributed by atoms with Gasteiger partial charge < -0.3 is 14.4 Å². The number of ether oxygens (including phenoxy) is 1. The summed E-state index contributed by atoms with van der Waals surface area (Å²) < 4.78 is 25.2. The van der Waals surface area contributed by atoms with Crippen molar-refractivity contribution in [3.63, 3.8) is 0 Å². The molecule has 7 nitrogen and oxygen atoms in total. The third-order valence-electron chi connectivity index (χ3n) is 4.95. The quantitative estimate of drug-likeness (QED) is 0.377. The van der Waals surface area contributed by atoms with E-state index in [1.165, 1.54) is 24.3 Å². The van der Waals surface area contributed by atoms with E-state index in [9.17, 15) is 19.1 Å². The van der Waals surface area contributed by atoms with Crippen molar-refractivity contribution in [2.75, 3.05) is 11.5 Å². The number of aromatic nitrogens is 1. The highest BCUT2D eigenvalue weighted by Crippen LogP contribution is 2.42. The highest BCUT2D eigenvalue weighted by molar-refractivity contribution is 6.51. The van der Waals surface area contributed by atoms with Gasteiger partial charge in [0, 0.05) is 17.2 Å². The monoisotopic (exact) mass is 422 g/mol. The largest absolute Gasteiger partial charge is 0.507 e. The van der Waals surface area contributed by atoms with Crippen molar-refractivity contribution >= 4 is 23.3 Å². The second-order valence-electron chi connectivity index (χ2n) is 6.94. The summed E-state index contributed by atoms with van der Waals surface area (Å²) in [5.41, 5.74) is 0.105. The van der Waals surface area contributed by atoms with Gasteiger partial charge in [-0.2, -0.15) is 0 Å². The maximum Gasteiger partial charge on any atom is 0.301 e. The number of aliphatic hydroxyl groups excluding tert-OH is 1. The Labute approximate surface area is 177 Å². The zero-order valence-electron chi connectivity index (χ0n) is 16.8. The van der Waals surface area contributed by atoms with Crippen LogP contribution < -0.4 is 9.64 Å². The van der Waals surface area contributed by atoms with Crippen LogP contribution in [0.5, 0.6) is 5.75 Å². The molecule has 1 amide bonds. The number of carbonyl (C=O) groups excluding carboxylic acids is 2. The first-order valence-corrected chi connectivity index (χ1v) is 9.64. The minimum atomic E-state index is -1.21. The van der Waals surface area contributed by atoms with Gasteiger partial charge in [0.25, 0.3) is 5.78 Å². The number of aryl methyl sites for hydroxylation is 1. The van der Waals surface area contributed by atoms with Crippen LogP contribution in [-0.4, -0.2) is 28.6 Å². The van der Waals surface area contributed by atoms with Gasteiger partial charge in [-0.3, -0.25) is 14.5 Å². The lowest BCUT2D eigenvalue weighted by atomic mass is 9.95. The molecule has 8 heteroatoms. The normalized spacial score (nSPS) is 17.9. The van der Waals surface area contributed by atoms with Crippen molar-refractivity contribution in [1.82, 2.24) is 5.16 Å². The average Bonchev–Trinajstić information content (AvgIpc) is 3.29. The Balaban J connectivity index is 1.90. The molecule has 1 fully saturated rings. The fraction of sp³-hybridized carbons (Fsp3) is 0.174. The molecule has 1 atom stereocenters. The average molecular weight is 422 g/mol. The molecule has 4 rings (SSSR count). The van der Waals surface area contributed by atoms with Gasteiger partial charge >= 0.3 is 5.91 Å². The summed E-state index contributed by atoms with van der Waals surface area (Å²) in [4.78, 5) is 26.9. The Bertz CT molecular complexity index is 1180. The Morgan fingerprint density at radius 1 is 1.19 bits per heavy atom. The van der Waals surface area contributed by atoms with Crippen LogP contribution in [0, 0.1) is 12.7 Å². The Morgan fingerprint density at radius 2 is 1.90 bits per heavy atom. The van der Waals surface area contributed by atoms with Gasteiger partial charge in [0.1, 0.15) is 23.1 Å². The molecule has 2 aromatic carbocycles. The number of carbonyl (C=O) groups is 2. The van der Waals surface area contributed by atoms with E-state index in [4.69, 9.17) is 9.26 Å². The maximum absolute atomic E-state index is 14.8. The number of aliphatic hydroxyl groups is 1. The number of hydrogen-bond donors (Lipinski definition) is 1. The highest BCUT2D eigenvalue weighted by atomic mass is 19.1. The van der Waals surface area contributed by atoms with Gasteiger partial charge in [-0.25, -0.2) is 4.39 Å². The smallest absolute Gasteiger partial charge is 0.301 e. The molecule has 31 heavy (non-hydrogen) atoms. The third kappa shape index (κ3) is 3.56. The van der Waals surface area contributed by atoms with E-state index >= 15 is 0 Å². The second-order valence-corrected chi connectivity index (χ2v) is 6.94. The number of ketones is 1. The molecule has 1 aliphatic heterocycles. The van der Waals surface area contributed by atoms with E-state index in [0.717, 1.165) is 4.90 Å². The van der Waals surface area contributed by atoms with Crippen LogP contribution in [-0.2, 0) is 9.59 Å². The molecule has 0 unspecified atom stereocenters. The van der Waals surface area contributed by atoms with Crippen LogP contribution in [0.4, 0.5) is 10.2 Å². The second kappa shape index (κ2) is 8.06. The first-order valence-electron chi connectivity index (χ1n) is 9.64. The van der Waals surface area contributed by atoms with Crippen LogP contribution in [0.25, 0.3) is 5.76 Å². The van der Waals surface area contributed by atoms with Crippen molar-refractivity contribution < 1.29 is 28.3 Å². The number of amides is 1. The molecular formula is C23H19FN2O5. The fourth-order valence-corrected chi connectivity index (χ4v) is 3.56. The molecule has 1 saturated heterocycles. The lowest BCUT2D eigenvalue weighted by Crippen LogP contribution is -2.30. The van der Waals surface area contributed by atoms with Crippen LogP contribution >= 0.6 is 0 Å². The molecule has 0 bridgehead atoms. The zero-order valence-corrected chi connectivity index (χ0v) is 16.8. The molecule has 3 aromatic rings. The van der Waals surface area contributed by atoms with E-state index in [0.29, 0.717) is 23.7 Å². The van der Waals surface area contributed by atoms with Gasteiger partial charge in [0.2, 0.25) is 0 Å². The number of halogens is 1. The van der Waals surface area contributed by atoms with Crippen molar-refractivity contribution in [2.45, 2.75) is 19.9 Å². The van der Waals surface area contributed by atoms with Gasteiger partial charge in [0.05, 0.1) is 18.2 Å². The van der Waals surface area contributed by atoms with Crippen LogP contribution in [0.1, 0.15) is 29.9 Å². The van der Waals surface area contributed by atoms with Crippen molar-refractivity contribution in [2.24, 2.45) is 0 Å². The summed E-state index contributed by atoms with van der Waals surface area (Å²) in [6, 6.07) is 12.4. The van der Waals surface area contributed by atoms with E-state index < -0.39 is 29.3 Å². The SMILES string of the molecule is CCOc1ccc(C(O)=C2C(=O)C(=O)N(c3cc(C)on3)[C@@H]2c2ccccc2F)cc1. The molecule has 1 aromatic heterocycles. The lowest BCUT2D eigenvalue weighted by Gasteiger charge is -2.23. The van der Waals surface area contributed by atoms with Gasteiger partial charge in [-0.05, 0) is 44.2 Å². The van der Waals surface area contributed by atoms with Gasteiger partial charge in [-0.1, -0.05) is 23.4 Å². The molecule has 0 saturated carbocycles. The predicted molar refractivity (Wildman–Crippen MR) is 110 cm³/mol. The Morgan fingerprint density at radius 3 is 2.52 bits per heavy atom. The summed E-state index contributed by atoms with van der Waals surface area (Å²) in [5.74, 6) is -1.87. The van der Waals surface area contributed by atoms with E-state index in [2.05, 4.69) is 5.16 Å². The van der Waals surface area contributed by atoms with Crippen molar-refractivity contribution in [1.29, 1.82) is 0 Å². The van der Waals surface area contributed by atoms with Crippen LogP contribution in [0.3, 0.4) is 0 Å². The summed E-state index contributed by atoms with van der Waals surface area (Å²) in [5, 5.41) is 14.8. The summed E-state index contributed by atoms with van der Waals surface area (Å²) in [6.45, 7) is 3.95. The van der Waals surface area contributed by atoms with Crippen LogP contribution in [0.15, 0.2) is 64.7 Å². The lowest BCUT2D eigenvalue weighted by molar-refractivity contribution is -0.132. The van der Waals surface area contributed by atoms with E-state index in [-0.39, 0.29) is 17.0 Å². The maximum atomic E-state index is 14.8. The summed E-state index contributed by atoms with van der Waals surface area (Å²) in [7, 11) is 0. The first kappa shape index (κ1) is 20.3. The molecule has 1 N–H and O–H groups in total. The van der Waals surface area contributed by atoms with E-state index in [1.807, 2.05) is 6.92 Å². The minimum Gasteiger partial charge on any atom is -0.507 e. The number of hydrogen-bond acceptors (Lipinski definition) is 6. The minimum absolute atomic E-state index is 0.0508. The first-order chi connectivity index (χ1) is 14.9. The molecule has 158 valence electrons. The number of benzene rings is 2. The van der Waals surface area contributed by atoms with Gasteiger partial charge in [0.15, 0.2) is 5.82 Å².